The molecule has 0 radical (unpaired) electrons. The third-order valence-corrected chi connectivity index (χ3v) is 4.67. The molecule has 2 heteroatoms. The van der Waals surface area contributed by atoms with Crippen LogP contribution in [0.2, 0.25) is 0 Å². The van der Waals surface area contributed by atoms with E-state index in [0.29, 0.717) is 0 Å². The summed E-state index contributed by atoms with van der Waals surface area (Å²) >= 11 is 0. The van der Waals surface area contributed by atoms with Crippen LogP contribution < -0.4 is 10.5 Å². The molecule has 1 aromatic rings. The second-order valence-corrected chi connectivity index (χ2v) is 6.63. The van der Waals surface area contributed by atoms with Crippen LogP contribution in [0, 0.1) is 11.8 Å². The Hall–Kier alpha value is -1.02. The number of nitrogens with two attached hydrogens (primary N) is 1. The summed E-state index contributed by atoms with van der Waals surface area (Å²) in [4.78, 5) is 0. The molecule has 112 valence electrons. The zero-order valence-corrected chi connectivity index (χ0v) is 13.2. The second-order valence-electron chi connectivity index (χ2n) is 6.63. The molecule has 2 rings (SSSR count). The lowest BCUT2D eigenvalue weighted by Crippen LogP contribution is -2.42. The van der Waals surface area contributed by atoms with Crippen LogP contribution >= 0.6 is 0 Å². The van der Waals surface area contributed by atoms with Crippen LogP contribution in [-0.2, 0) is 5.54 Å². The van der Waals surface area contributed by atoms with Gasteiger partial charge in [0, 0.05) is 5.54 Å². The summed E-state index contributed by atoms with van der Waals surface area (Å²) in [6.07, 6.45) is 5.83. The largest absolute Gasteiger partial charge is 0.494 e. The van der Waals surface area contributed by atoms with E-state index in [1.807, 2.05) is 0 Å². The van der Waals surface area contributed by atoms with Gasteiger partial charge in [0.15, 0.2) is 0 Å². The molecule has 0 aliphatic heterocycles. The quantitative estimate of drug-likeness (QED) is 0.860. The summed E-state index contributed by atoms with van der Waals surface area (Å²) in [5, 5.41) is 0. The standard InChI is InChI=1S/C18H29NO/c1-4-12-20-17-9-7-16(8-10-17)18(19)11-5-6-15(13-18)14(2)3/h7-10,14-15H,4-6,11-13,19H2,1-3H3. The number of hydrogen-bond acceptors (Lipinski definition) is 2. The topological polar surface area (TPSA) is 35.2 Å². The first-order valence-electron chi connectivity index (χ1n) is 8.07. The molecule has 1 aliphatic rings. The molecule has 0 spiro atoms. The fourth-order valence-corrected chi connectivity index (χ4v) is 3.29. The summed E-state index contributed by atoms with van der Waals surface area (Å²) in [6, 6.07) is 8.46. The molecule has 20 heavy (non-hydrogen) atoms. The van der Waals surface area contributed by atoms with Gasteiger partial charge in [0.25, 0.3) is 0 Å². The van der Waals surface area contributed by atoms with Gasteiger partial charge in [0.05, 0.1) is 6.61 Å². The maximum absolute atomic E-state index is 6.72. The van der Waals surface area contributed by atoms with Gasteiger partial charge in [-0.15, -0.1) is 0 Å². The molecular weight excluding hydrogens is 246 g/mol. The van der Waals surface area contributed by atoms with Crippen LogP contribution in [-0.4, -0.2) is 6.61 Å². The van der Waals surface area contributed by atoms with Crippen molar-refractivity contribution in [2.45, 2.75) is 58.4 Å². The van der Waals surface area contributed by atoms with Crippen molar-refractivity contribution in [3.05, 3.63) is 29.8 Å². The Labute approximate surface area is 123 Å². The molecule has 2 N–H and O–H groups in total. The zero-order chi connectivity index (χ0) is 14.6. The van der Waals surface area contributed by atoms with E-state index in [4.69, 9.17) is 10.5 Å². The van der Waals surface area contributed by atoms with Gasteiger partial charge in [-0.25, -0.2) is 0 Å². The normalized spacial score (nSPS) is 26.8. The third-order valence-electron chi connectivity index (χ3n) is 4.67. The molecule has 0 aromatic heterocycles. The van der Waals surface area contributed by atoms with Crippen LogP contribution in [0.5, 0.6) is 5.75 Å². The van der Waals surface area contributed by atoms with E-state index in [0.717, 1.165) is 43.5 Å². The maximum Gasteiger partial charge on any atom is 0.119 e. The number of rotatable bonds is 5. The van der Waals surface area contributed by atoms with Crippen molar-refractivity contribution in [1.29, 1.82) is 0 Å². The molecule has 0 heterocycles. The molecule has 2 unspecified atom stereocenters. The fraction of sp³-hybridized carbons (Fsp3) is 0.667. The van der Waals surface area contributed by atoms with Crippen molar-refractivity contribution in [3.8, 4) is 5.75 Å². The highest BCUT2D eigenvalue weighted by atomic mass is 16.5. The monoisotopic (exact) mass is 275 g/mol. The lowest BCUT2D eigenvalue weighted by atomic mass is 9.69. The first-order chi connectivity index (χ1) is 9.55. The van der Waals surface area contributed by atoms with Gasteiger partial charge in [-0.1, -0.05) is 45.7 Å². The van der Waals surface area contributed by atoms with Gasteiger partial charge in [-0.3, -0.25) is 0 Å². The van der Waals surface area contributed by atoms with Gasteiger partial charge in [0.2, 0.25) is 0 Å². The number of hydrogen-bond donors (Lipinski definition) is 1. The van der Waals surface area contributed by atoms with E-state index in [1.165, 1.54) is 18.4 Å². The van der Waals surface area contributed by atoms with Crippen LogP contribution in [0.25, 0.3) is 0 Å². The lowest BCUT2D eigenvalue weighted by Gasteiger charge is -2.40. The highest BCUT2D eigenvalue weighted by molar-refractivity contribution is 5.32. The molecule has 1 saturated carbocycles. The predicted octanol–water partition coefficient (Wildman–Crippen LogP) is 4.48. The van der Waals surface area contributed by atoms with Gasteiger partial charge < -0.3 is 10.5 Å². The molecule has 1 aliphatic carbocycles. The molecular formula is C18H29NO. The van der Waals surface area contributed by atoms with Gasteiger partial charge in [-0.2, -0.15) is 0 Å². The van der Waals surface area contributed by atoms with Crippen molar-refractivity contribution < 1.29 is 4.74 Å². The molecule has 2 atom stereocenters. The summed E-state index contributed by atoms with van der Waals surface area (Å²) in [5.74, 6) is 2.44. The van der Waals surface area contributed by atoms with Crippen molar-refractivity contribution in [2.24, 2.45) is 17.6 Å². The van der Waals surface area contributed by atoms with Gasteiger partial charge in [-0.05, 0) is 48.8 Å². The minimum Gasteiger partial charge on any atom is -0.494 e. The van der Waals surface area contributed by atoms with E-state index >= 15 is 0 Å². The van der Waals surface area contributed by atoms with Crippen LogP contribution in [0.3, 0.4) is 0 Å². The minimum absolute atomic E-state index is 0.142. The van der Waals surface area contributed by atoms with E-state index in [9.17, 15) is 0 Å². The average Bonchev–Trinajstić information content (AvgIpc) is 2.45. The molecule has 0 bridgehead atoms. The molecule has 0 saturated heterocycles. The summed E-state index contributed by atoms with van der Waals surface area (Å²) in [5.41, 5.74) is 7.85. The average molecular weight is 275 g/mol. The first kappa shape index (κ1) is 15.4. The van der Waals surface area contributed by atoms with E-state index in [1.54, 1.807) is 0 Å². The Balaban J connectivity index is 2.09. The summed E-state index contributed by atoms with van der Waals surface area (Å²) < 4.78 is 5.65. The van der Waals surface area contributed by atoms with Crippen molar-refractivity contribution in [2.75, 3.05) is 6.61 Å². The predicted molar refractivity (Wildman–Crippen MR) is 84.9 cm³/mol. The number of ether oxygens (including phenoxy) is 1. The fourth-order valence-electron chi connectivity index (χ4n) is 3.29. The van der Waals surface area contributed by atoms with E-state index in [2.05, 4.69) is 45.0 Å². The molecule has 1 fully saturated rings. The Kier molecular flexibility index (Phi) is 5.09. The molecule has 1 aromatic carbocycles. The Morgan fingerprint density at radius 2 is 2.00 bits per heavy atom. The summed E-state index contributed by atoms with van der Waals surface area (Å²) in [6.45, 7) is 7.54. The lowest BCUT2D eigenvalue weighted by molar-refractivity contribution is 0.184. The smallest absolute Gasteiger partial charge is 0.119 e. The van der Waals surface area contributed by atoms with Crippen LogP contribution in [0.4, 0.5) is 0 Å². The SMILES string of the molecule is CCCOc1ccc(C2(N)CCCC(C(C)C)C2)cc1. The van der Waals surface area contributed by atoms with Crippen LogP contribution in [0.15, 0.2) is 24.3 Å². The van der Waals surface area contributed by atoms with Gasteiger partial charge in [0.1, 0.15) is 5.75 Å². The Morgan fingerprint density at radius 3 is 2.60 bits per heavy atom. The molecule has 0 amide bonds. The summed E-state index contributed by atoms with van der Waals surface area (Å²) in [7, 11) is 0. The Morgan fingerprint density at radius 1 is 1.30 bits per heavy atom. The number of benzene rings is 1. The van der Waals surface area contributed by atoms with Crippen LogP contribution in [0.1, 0.15) is 58.4 Å². The maximum atomic E-state index is 6.72. The third kappa shape index (κ3) is 3.54. The Bertz CT molecular complexity index is 412. The van der Waals surface area contributed by atoms with Crippen molar-refractivity contribution >= 4 is 0 Å². The van der Waals surface area contributed by atoms with E-state index < -0.39 is 0 Å². The second kappa shape index (κ2) is 6.62. The van der Waals surface area contributed by atoms with Gasteiger partial charge >= 0.3 is 0 Å². The highest BCUT2D eigenvalue weighted by Gasteiger charge is 2.35. The van der Waals surface area contributed by atoms with E-state index in [-0.39, 0.29) is 5.54 Å². The first-order valence-corrected chi connectivity index (χ1v) is 8.07. The highest BCUT2D eigenvalue weighted by Crippen LogP contribution is 2.41. The molecule has 2 nitrogen and oxygen atoms in total. The minimum atomic E-state index is -0.142. The van der Waals surface area contributed by atoms with Crippen molar-refractivity contribution in [3.63, 3.8) is 0 Å². The zero-order valence-electron chi connectivity index (χ0n) is 13.2. The van der Waals surface area contributed by atoms with Crippen molar-refractivity contribution in [1.82, 2.24) is 0 Å².